The van der Waals surface area contributed by atoms with Crippen LogP contribution in [-0.4, -0.2) is 49.3 Å². The van der Waals surface area contributed by atoms with Crippen molar-refractivity contribution in [1.82, 2.24) is 4.90 Å². The number of esters is 1. The van der Waals surface area contributed by atoms with E-state index in [9.17, 15) is 9.90 Å². The fraction of sp³-hybridized carbons (Fsp3) is 0.458. The highest BCUT2D eigenvalue weighted by molar-refractivity contribution is 5.91. The van der Waals surface area contributed by atoms with Gasteiger partial charge in [-0.25, -0.2) is 4.79 Å². The largest absolute Gasteiger partial charge is 0.497 e. The van der Waals surface area contributed by atoms with Gasteiger partial charge in [0.2, 0.25) is 0 Å². The molecule has 156 valence electrons. The molecule has 3 rings (SSSR count). The second kappa shape index (κ2) is 9.42. The average molecular weight is 398 g/mol. The predicted molar refractivity (Wildman–Crippen MR) is 114 cm³/mol. The van der Waals surface area contributed by atoms with Gasteiger partial charge in [0.25, 0.3) is 0 Å². The number of ether oxygens (including phenoxy) is 2. The van der Waals surface area contributed by atoms with Crippen LogP contribution in [0.5, 0.6) is 11.5 Å². The lowest BCUT2D eigenvalue weighted by atomic mass is 9.72. The molecular formula is C24H31NO4. The van der Waals surface area contributed by atoms with Crippen molar-refractivity contribution in [3.8, 4) is 11.5 Å². The van der Waals surface area contributed by atoms with Gasteiger partial charge in [0.05, 0.1) is 18.3 Å². The maximum atomic E-state index is 12.4. The van der Waals surface area contributed by atoms with E-state index in [0.29, 0.717) is 17.1 Å². The van der Waals surface area contributed by atoms with Crippen LogP contribution in [0.1, 0.15) is 53.9 Å². The minimum absolute atomic E-state index is 0.0316. The van der Waals surface area contributed by atoms with E-state index >= 15 is 0 Å². The Kier molecular flexibility index (Phi) is 6.93. The lowest BCUT2D eigenvalue weighted by Gasteiger charge is -2.40. The van der Waals surface area contributed by atoms with Crippen molar-refractivity contribution in [2.45, 2.75) is 43.6 Å². The topological polar surface area (TPSA) is 59.0 Å². The number of rotatable bonds is 7. The molecule has 0 amide bonds. The van der Waals surface area contributed by atoms with E-state index < -0.39 is 11.6 Å². The molecule has 1 fully saturated rings. The summed E-state index contributed by atoms with van der Waals surface area (Å²) in [7, 11) is 5.65. The fourth-order valence-corrected chi connectivity index (χ4v) is 4.12. The first-order valence-corrected chi connectivity index (χ1v) is 10.2. The molecule has 2 aromatic rings. The SMILES string of the molecule is COc1ccc(C(=O)Oc2ccc(C(CN(C)C)C3(O)CCCCC3)cc2)cc1. The molecule has 5 heteroatoms. The third-order valence-electron chi connectivity index (χ3n) is 5.73. The van der Waals surface area contributed by atoms with E-state index in [1.54, 1.807) is 31.4 Å². The standard InChI is InChI=1S/C24H31NO4/c1-25(2)17-22(24(27)15-5-4-6-16-24)18-7-13-21(14-8-18)29-23(26)19-9-11-20(28-3)12-10-19/h7-14,22,27H,4-6,15-17H2,1-3H3. The smallest absolute Gasteiger partial charge is 0.343 e. The van der Waals surface area contributed by atoms with Crippen LogP contribution in [0.4, 0.5) is 0 Å². The first-order valence-electron chi connectivity index (χ1n) is 10.2. The number of carbonyl (C=O) groups is 1. The summed E-state index contributed by atoms with van der Waals surface area (Å²) in [4.78, 5) is 14.5. The van der Waals surface area contributed by atoms with Crippen molar-refractivity contribution < 1.29 is 19.4 Å². The van der Waals surface area contributed by atoms with Crippen molar-refractivity contribution in [1.29, 1.82) is 0 Å². The van der Waals surface area contributed by atoms with Gasteiger partial charge in [0.15, 0.2) is 0 Å². The van der Waals surface area contributed by atoms with E-state index in [0.717, 1.165) is 37.8 Å². The van der Waals surface area contributed by atoms with E-state index in [4.69, 9.17) is 9.47 Å². The summed E-state index contributed by atoms with van der Waals surface area (Å²) in [5.74, 6) is 0.813. The molecule has 1 unspecified atom stereocenters. The molecule has 0 spiro atoms. The van der Waals surface area contributed by atoms with Gasteiger partial charge in [-0.1, -0.05) is 31.4 Å². The van der Waals surface area contributed by atoms with Gasteiger partial charge < -0.3 is 19.5 Å². The minimum Gasteiger partial charge on any atom is -0.497 e. The number of aliphatic hydroxyl groups is 1. The first kappa shape index (κ1) is 21.3. The third-order valence-corrected chi connectivity index (χ3v) is 5.73. The minimum atomic E-state index is -0.677. The number of benzene rings is 2. The molecule has 1 saturated carbocycles. The Morgan fingerprint density at radius 3 is 2.14 bits per heavy atom. The van der Waals surface area contributed by atoms with Crippen LogP contribution >= 0.6 is 0 Å². The summed E-state index contributed by atoms with van der Waals surface area (Å²) in [5, 5.41) is 11.3. The number of likely N-dealkylation sites (N-methyl/N-ethyl adjacent to an activating group) is 1. The second-order valence-corrected chi connectivity index (χ2v) is 8.17. The van der Waals surface area contributed by atoms with E-state index in [2.05, 4.69) is 4.90 Å². The molecule has 1 atom stereocenters. The Labute approximate surface area is 173 Å². The zero-order valence-corrected chi connectivity index (χ0v) is 17.6. The molecule has 5 nitrogen and oxygen atoms in total. The van der Waals surface area contributed by atoms with Gasteiger partial charge in [0.1, 0.15) is 11.5 Å². The van der Waals surface area contributed by atoms with Crippen molar-refractivity contribution in [3.05, 3.63) is 59.7 Å². The Balaban J connectivity index is 1.73. The molecule has 0 bridgehead atoms. The second-order valence-electron chi connectivity index (χ2n) is 8.17. The van der Waals surface area contributed by atoms with Gasteiger partial charge in [-0.05, 0) is 68.9 Å². The molecule has 0 radical (unpaired) electrons. The molecule has 0 aromatic heterocycles. The fourth-order valence-electron chi connectivity index (χ4n) is 4.12. The van der Waals surface area contributed by atoms with Crippen molar-refractivity contribution >= 4 is 5.97 Å². The molecule has 1 N–H and O–H groups in total. The van der Waals surface area contributed by atoms with Gasteiger partial charge in [-0.2, -0.15) is 0 Å². The lowest BCUT2D eigenvalue weighted by Crippen LogP contribution is -2.42. The lowest BCUT2D eigenvalue weighted by molar-refractivity contribution is -0.0277. The molecule has 1 aliphatic carbocycles. The maximum absolute atomic E-state index is 12.4. The van der Waals surface area contributed by atoms with Crippen LogP contribution in [0, 0.1) is 0 Å². The van der Waals surface area contributed by atoms with Gasteiger partial charge >= 0.3 is 5.97 Å². The first-order chi connectivity index (χ1) is 13.9. The van der Waals surface area contributed by atoms with Gasteiger partial charge in [0, 0.05) is 12.5 Å². The highest BCUT2D eigenvalue weighted by atomic mass is 16.5. The van der Waals surface area contributed by atoms with E-state index in [1.165, 1.54) is 6.42 Å². The van der Waals surface area contributed by atoms with Crippen molar-refractivity contribution in [2.75, 3.05) is 27.7 Å². The number of nitrogens with zero attached hydrogens (tertiary/aromatic N) is 1. The van der Waals surface area contributed by atoms with E-state index in [-0.39, 0.29) is 5.92 Å². The highest BCUT2D eigenvalue weighted by Crippen LogP contribution is 2.40. The normalized spacial score (nSPS) is 17.0. The zero-order valence-electron chi connectivity index (χ0n) is 17.6. The van der Waals surface area contributed by atoms with Crippen molar-refractivity contribution in [2.24, 2.45) is 0 Å². The molecule has 0 heterocycles. The Morgan fingerprint density at radius 2 is 1.59 bits per heavy atom. The Bertz CT molecular complexity index is 793. The average Bonchev–Trinajstić information content (AvgIpc) is 2.73. The summed E-state index contributed by atoms with van der Waals surface area (Å²) in [6, 6.07) is 14.4. The number of carbonyl (C=O) groups excluding carboxylic acids is 1. The monoisotopic (exact) mass is 397 g/mol. The molecule has 0 saturated heterocycles. The molecule has 29 heavy (non-hydrogen) atoms. The van der Waals surface area contributed by atoms with Crippen LogP contribution in [0.15, 0.2) is 48.5 Å². The van der Waals surface area contributed by atoms with Crippen molar-refractivity contribution in [3.63, 3.8) is 0 Å². The summed E-state index contributed by atoms with van der Waals surface area (Å²) < 4.78 is 10.6. The molecule has 1 aliphatic rings. The highest BCUT2D eigenvalue weighted by Gasteiger charge is 2.38. The zero-order chi connectivity index (χ0) is 20.9. The molecule has 0 aliphatic heterocycles. The van der Waals surface area contributed by atoms with Crippen LogP contribution < -0.4 is 9.47 Å². The van der Waals surface area contributed by atoms with Crippen LogP contribution in [0.25, 0.3) is 0 Å². The number of hydrogen-bond donors (Lipinski definition) is 1. The van der Waals surface area contributed by atoms with Gasteiger partial charge in [-0.15, -0.1) is 0 Å². The Hall–Kier alpha value is -2.37. The predicted octanol–water partition coefficient (Wildman–Crippen LogP) is 4.25. The quantitative estimate of drug-likeness (QED) is 0.559. The van der Waals surface area contributed by atoms with Gasteiger partial charge in [-0.3, -0.25) is 0 Å². The van der Waals surface area contributed by atoms with E-state index in [1.807, 2.05) is 38.4 Å². The summed E-state index contributed by atoms with van der Waals surface area (Å²) >= 11 is 0. The van der Waals surface area contributed by atoms with Crippen LogP contribution in [0.3, 0.4) is 0 Å². The third kappa shape index (κ3) is 5.37. The van der Waals surface area contributed by atoms with Crippen LogP contribution in [-0.2, 0) is 0 Å². The summed E-state index contributed by atoms with van der Waals surface area (Å²) in [6.45, 7) is 0.779. The maximum Gasteiger partial charge on any atom is 0.343 e. The summed E-state index contributed by atoms with van der Waals surface area (Å²) in [6.07, 6.45) is 4.99. The number of methoxy groups -OCH3 is 1. The molecule has 2 aromatic carbocycles. The Morgan fingerprint density at radius 1 is 1.00 bits per heavy atom. The number of hydrogen-bond acceptors (Lipinski definition) is 5. The molecular weight excluding hydrogens is 366 g/mol. The van der Waals surface area contributed by atoms with Crippen LogP contribution in [0.2, 0.25) is 0 Å². The summed E-state index contributed by atoms with van der Waals surface area (Å²) in [5.41, 5.74) is 0.869.